The Morgan fingerprint density at radius 3 is 2.68 bits per heavy atom. The quantitative estimate of drug-likeness (QED) is 0.812. The lowest BCUT2D eigenvalue weighted by Crippen LogP contribution is -2.24. The van der Waals surface area contributed by atoms with E-state index in [0.29, 0.717) is 0 Å². The van der Waals surface area contributed by atoms with E-state index in [4.69, 9.17) is 9.47 Å². The molecule has 0 amide bonds. The van der Waals surface area contributed by atoms with Crippen molar-refractivity contribution in [2.75, 3.05) is 19.0 Å². The molecule has 5 heteroatoms. The van der Waals surface area contributed by atoms with Gasteiger partial charge in [0.2, 0.25) is 0 Å². The second kappa shape index (κ2) is 6.02. The molecule has 1 aliphatic heterocycles. The topological polar surface area (TPSA) is 30.5 Å². The van der Waals surface area contributed by atoms with Crippen molar-refractivity contribution in [2.45, 2.75) is 38.4 Å². The second-order valence-electron chi connectivity index (χ2n) is 5.39. The summed E-state index contributed by atoms with van der Waals surface area (Å²) in [6.07, 6.45) is 2.49. The van der Waals surface area contributed by atoms with E-state index in [-0.39, 0.29) is 11.7 Å². The average molecular weight is 393 g/mol. The van der Waals surface area contributed by atoms with Gasteiger partial charge in [-0.3, -0.25) is 0 Å². The van der Waals surface area contributed by atoms with Gasteiger partial charge in [-0.25, -0.2) is 0 Å². The fourth-order valence-corrected chi connectivity index (χ4v) is 3.56. The lowest BCUT2D eigenvalue weighted by atomic mass is 10.1. The molecule has 0 radical (unpaired) electrons. The van der Waals surface area contributed by atoms with Gasteiger partial charge < -0.3 is 14.8 Å². The molecule has 0 aliphatic carbocycles. The molecule has 1 atom stereocenters. The maximum atomic E-state index is 5.97. The van der Waals surface area contributed by atoms with Crippen molar-refractivity contribution in [2.24, 2.45) is 0 Å². The zero-order valence-corrected chi connectivity index (χ0v) is 14.6. The number of rotatable bonds is 4. The van der Waals surface area contributed by atoms with E-state index >= 15 is 0 Å². The maximum Gasteiger partial charge on any atom is 0.135 e. The molecular weight excluding hydrogens is 374 g/mol. The van der Waals surface area contributed by atoms with E-state index < -0.39 is 0 Å². The fourth-order valence-electron chi connectivity index (χ4n) is 2.27. The highest BCUT2D eigenvalue weighted by Gasteiger charge is 2.31. The van der Waals surface area contributed by atoms with Crippen LogP contribution in [0, 0.1) is 0 Å². The first-order chi connectivity index (χ1) is 8.91. The zero-order chi connectivity index (χ0) is 14.0. The Bertz CT molecular complexity index is 463. The van der Waals surface area contributed by atoms with E-state index in [0.717, 1.165) is 39.8 Å². The van der Waals surface area contributed by atoms with E-state index in [1.54, 1.807) is 7.11 Å². The predicted octanol–water partition coefficient (Wildman–Crippen LogP) is 4.59. The van der Waals surface area contributed by atoms with Gasteiger partial charge in [0.25, 0.3) is 0 Å². The summed E-state index contributed by atoms with van der Waals surface area (Å²) in [6.45, 7) is 5.10. The van der Waals surface area contributed by atoms with Crippen molar-refractivity contribution < 1.29 is 9.47 Å². The molecule has 1 heterocycles. The van der Waals surface area contributed by atoms with Gasteiger partial charge >= 0.3 is 0 Å². The molecule has 2 rings (SSSR count). The summed E-state index contributed by atoms with van der Waals surface area (Å²) in [5.74, 6) is 0.818. The lowest BCUT2D eigenvalue weighted by molar-refractivity contribution is -0.00911. The maximum absolute atomic E-state index is 5.97. The van der Waals surface area contributed by atoms with Crippen LogP contribution in [0.15, 0.2) is 21.1 Å². The number of benzene rings is 1. The van der Waals surface area contributed by atoms with E-state index in [2.05, 4.69) is 51.0 Å². The molecule has 3 nitrogen and oxygen atoms in total. The van der Waals surface area contributed by atoms with E-state index in [1.807, 2.05) is 12.1 Å². The van der Waals surface area contributed by atoms with Gasteiger partial charge in [0, 0.05) is 17.1 Å². The van der Waals surface area contributed by atoms with Gasteiger partial charge in [-0.2, -0.15) is 0 Å². The smallest absolute Gasteiger partial charge is 0.135 e. The third-order valence-electron chi connectivity index (χ3n) is 3.32. The van der Waals surface area contributed by atoms with Gasteiger partial charge in [-0.05, 0) is 64.6 Å². The second-order valence-corrected chi connectivity index (χ2v) is 7.09. The Labute approximate surface area is 131 Å². The highest BCUT2D eigenvalue weighted by molar-refractivity contribution is 9.11. The van der Waals surface area contributed by atoms with Crippen LogP contribution in [0.25, 0.3) is 0 Å². The van der Waals surface area contributed by atoms with Gasteiger partial charge in [-0.15, -0.1) is 0 Å². The minimum Gasteiger partial charge on any atom is -0.495 e. The number of ether oxygens (including phenoxy) is 2. The largest absolute Gasteiger partial charge is 0.495 e. The standard InChI is InChI=1S/C14H19Br2NO2/c1-14(2)5-4-9(19-14)8-17-12-7-13(18-3)11(16)6-10(12)15/h6-7,9,17H,4-5,8H2,1-3H3. The third kappa shape index (κ3) is 3.86. The molecule has 1 fully saturated rings. The van der Waals surface area contributed by atoms with Crippen molar-refractivity contribution in [1.82, 2.24) is 0 Å². The van der Waals surface area contributed by atoms with Gasteiger partial charge in [0.15, 0.2) is 0 Å². The highest BCUT2D eigenvalue weighted by atomic mass is 79.9. The van der Waals surface area contributed by atoms with Crippen LogP contribution in [0.3, 0.4) is 0 Å². The van der Waals surface area contributed by atoms with Crippen LogP contribution in [0.4, 0.5) is 5.69 Å². The normalized spacial score (nSPS) is 21.4. The summed E-state index contributed by atoms with van der Waals surface area (Å²) in [6, 6.07) is 3.97. The molecular formula is C14H19Br2NO2. The third-order valence-corrected chi connectivity index (χ3v) is 4.59. The summed E-state index contributed by atoms with van der Waals surface area (Å²) in [5.41, 5.74) is 1.04. The van der Waals surface area contributed by atoms with Crippen molar-refractivity contribution in [1.29, 1.82) is 0 Å². The predicted molar refractivity (Wildman–Crippen MR) is 85.1 cm³/mol. The summed E-state index contributed by atoms with van der Waals surface area (Å²) < 4.78 is 13.2. The molecule has 1 aromatic carbocycles. The first-order valence-corrected chi connectivity index (χ1v) is 7.94. The van der Waals surface area contributed by atoms with Crippen LogP contribution in [-0.4, -0.2) is 25.4 Å². The van der Waals surface area contributed by atoms with Crippen LogP contribution in [0.5, 0.6) is 5.75 Å². The molecule has 0 aromatic heterocycles. The Morgan fingerprint density at radius 2 is 2.11 bits per heavy atom. The molecule has 1 N–H and O–H groups in total. The molecule has 0 spiro atoms. The molecule has 0 saturated carbocycles. The lowest BCUT2D eigenvalue weighted by Gasteiger charge is -2.20. The Hall–Kier alpha value is -0.260. The molecule has 0 bridgehead atoms. The Morgan fingerprint density at radius 1 is 1.37 bits per heavy atom. The highest BCUT2D eigenvalue weighted by Crippen LogP contribution is 2.35. The molecule has 1 aliphatic rings. The van der Waals surface area contributed by atoms with Crippen molar-refractivity contribution >= 4 is 37.5 Å². The van der Waals surface area contributed by atoms with Gasteiger partial charge in [0.05, 0.1) is 29.0 Å². The SMILES string of the molecule is COc1cc(NCC2CCC(C)(C)O2)c(Br)cc1Br. The Kier molecular flexibility index (Phi) is 4.79. The number of methoxy groups -OCH3 is 1. The number of anilines is 1. The average Bonchev–Trinajstić information content (AvgIpc) is 2.68. The summed E-state index contributed by atoms with van der Waals surface area (Å²) in [7, 11) is 1.67. The monoisotopic (exact) mass is 391 g/mol. The number of halogens is 2. The number of hydrogen-bond donors (Lipinski definition) is 1. The first-order valence-electron chi connectivity index (χ1n) is 6.36. The minimum atomic E-state index is 0.0149. The van der Waals surface area contributed by atoms with E-state index in [9.17, 15) is 0 Å². The van der Waals surface area contributed by atoms with Crippen LogP contribution in [0.1, 0.15) is 26.7 Å². The first kappa shape index (κ1) is 15.1. The molecule has 1 aromatic rings. The molecule has 19 heavy (non-hydrogen) atoms. The van der Waals surface area contributed by atoms with Crippen LogP contribution in [0.2, 0.25) is 0 Å². The summed E-state index contributed by atoms with van der Waals surface area (Å²) >= 11 is 7.02. The Balaban J connectivity index is 2.00. The summed E-state index contributed by atoms with van der Waals surface area (Å²) in [5, 5.41) is 3.42. The van der Waals surface area contributed by atoms with Crippen LogP contribution in [-0.2, 0) is 4.74 Å². The molecule has 1 unspecified atom stereocenters. The van der Waals surface area contributed by atoms with Gasteiger partial charge in [0.1, 0.15) is 5.75 Å². The fraction of sp³-hybridized carbons (Fsp3) is 0.571. The van der Waals surface area contributed by atoms with Crippen molar-refractivity contribution in [3.8, 4) is 5.75 Å². The number of nitrogens with one attached hydrogen (secondary N) is 1. The number of hydrogen-bond acceptors (Lipinski definition) is 3. The summed E-state index contributed by atoms with van der Waals surface area (Å²) in [4.78, 5) is 0. The zero-order valence-electron chi connectivity index (χ0n) is 11.4. The van der Waals surface area contributed by atoms with Crippen LogP contribution >= 0.6 is 31.9 Å². The molecule has 1 saturated heterocycles. The van der Waals surface area contributed by atoms with Gasteiger partial charge in [-0.1, -0.05) is 0 Å². The van der Waals surface area contributed by atoms with Crippen molar-refractivity contribution in [3.63, 3.8) is 0 Å². The van der Waals surface area contributed by atoms with Crippen LogP contribution < -0.4 is 10.1 Å². The van der Waals surface area contributed by atoms with E-state index in [1.165, 1.54) is 0 Å². The minimum absolute atomic E-state index is 0.0149. The van der Waals surface area contributed by atoms with Crippen molar-refractivity contribution in [3.05, 3.63) is 21.1 Å². The molecule has 106 valence electrons.